The highest BCUT2D eigenvalue weighted by molar-refractivity contribution is 7.25. The Bertz CT molecular complexity index is 3370. The third-order valence-electron chi connectivity index (χ3n) is 12.8. The zero-order valence-electron chi connectivity index (χ0n) is 33.4. The van der Waals surface area contributed by atoms with Crippen molar-refractivity contribution >= 4 is 59.3 Å². The Morgan fingerprint density at radius 2 is 0.902 bits per heavy atom. The summed E-state index contributed by atoms with van der Waals surface area (Å²) in [6.07, 6.45) is 0. The van der Waals surface area contributed by atoms with E-state index in [1.54, 1.807) is 0 Å². The summed E-state index contributed by atoms with van der Waals surface area (Å²) in [6, 6.07) is 87.3. The summed E-state index contributed by atoms with van der Waals surface area (Å²) in [7, 11) is 0. The zero-order valence-corrected chi connectivity index (χ0v) is 34.2. The molecule has 0 aliphatic heterocycles. The average molecular weight is 794 g/mol. The Balaban J connectivity index is 1.04. The minimum absolute atomic E-state index is 0.447. The summed E-state index contributed by atoms with van der Waals surface area (Å²) in [5, 5.41) is 5.03. The summed E-state index contributed by atoms with van der Waals surface area (Å²) < 4.78 is 2.63. The monoisotopic (exact) mass is 793 g/mol. The first-order valence-corrected chi connectivity index (χ1v) is 21.8. The van der Waals surface area contributed by atoms with Crippen molar-refractivity contribution in [1.82, 2.24) is 0 Å². The van der Waals surface area contributed by atoms with E-state index in [0.717, 1.165) is 17.1 Å². The van der Waals surface area contributed by atoms with Gasteiger partial charge in [-0.05, 0) is 97.9 Å². The average Bonchev–Trinajstić information content (AvgIpc) is 3.86. The molecule has 0 spiro atoms. The molecule has 286 valence electrons. The molecule has 0 bridgehead atoms. The molecule has 1 nitrogen and oxygen atoms in total. The van der Waals surface area contributed by atoms with Crippen LogP contribution in [0.1, 0.15) is 22.3 Å². The number of rotatable bonds is 7. The zero-order chi connectivity index (χ0) is 40.3. The largest absolute Gasteiger partial charge is 0.309 e. The van der Waals surface area contributed by atoms with Crippen LogP contribution in [0.3, 0.4) is 0 Å². The van der Waals surface area contributed by atoms with Crippen LogP contribution in [0.2, 0.25) is 0 Å². The van der Waals surface area contributed by atoms with E-state index in [1.165, 1.54) is 86.6 Å². The molecule has 1 heterocycles. The van der Waals surface area contributed by atoms with Gasteiger partial charge in [-0.15, -0.1) is 11.3 Å². The van der Waals surface area contributed by atoms with Crippen molar-refractivity contribution in [1.29, 1.82) is 0 Å². The van der Waals surface area contributed by atoms with Gasteiger partial charge in [0.2, 0.25) is 0 Å². The summed E-state index contributed by atoms with van der Waals surface area (Å²) in [5.74, 6) is 0. The van der Waals surface area contributed by atoms with Crippen LogP contribution in [0.25, 0.3) is 64.3 Å². The number of benzene rings is 10. The number of para-hydroxylation sites is 1. The normalized spacial score (nSPS) is 12.7. The van der Waals surface area contributed by atoms with Crippen molar-refractivity contribution in [2.45, 2.75) is 5.41 Å². The van der Waals surface area contributed by atoms with E-state index in [0.29, 0.717) is 0 Å². The number of anilines is 3. The molecule has 0 unspecified atom stereocenters. The van der Waals surface area contributed by atoms with Gasteiger partial charge in [0.25, 0.3) is 0 Å². The van der Waals surface area contributed by atoms with E-state index >= 15 is 0 Å². The summed E-state index contributed by atoms with van der Waals surface area (Å²) in [6.45, 7) is 0. The Kier molecular flexibility index (Phi) is 8.33. The second kappa shape index (κ2) is 14.3. The molecule has 1 aromatic heterocycles. The van der Waals surface area contributed by atoms with Gasteiger partial charge in [0.1, 0.15) is 0 Å². The molecule has 1 aliphatic rings. The van der Waals surface area contributed by atoms with Gasteiger partial charge in [-0.1, -0.05) is 194 Å². The maximum Gasteiger partial charge on any atom is 0.0713 e. The SMILES string of the molecule is c1ccc(C2(c3ccccc3)c3ccccc3-c3c(-c4ccc(N(c5ccccc5-c5ccc6sc7ccccc7c6c5)c5cccc6ccccc56)cc4)cccc32)cc1. The van der Waals surface area contributed by atoms with Crippen LogP contribution in [0, 0.1) is 0 Å². The van der Waals surface area contributed by atoms with Crippen molar-refractivity contribution in [3.8, 4) is 33.4 Å². The molecule has 10 aromatic carbocycles. The lowest BCUT2D eigenvalue weighted by Crippen LogP contribution is -2.28. The topological polar surface area (TPSA) is 3.24 Å². The first-order chi connectivity index (χ1) is 30.3. The quantitative estimate of drug-likeness (QED) is 0.155. The fourth-order valence-electron chi connectivity index (χ4n) is 10.1. The predicted octanol–water partition coefficient (Wildman–Crippen LogP) is 16.4. The number of fused-ring (bicyclic) bond motifs is 7. The number of thiophene rings is 1. The van der Waals surface area contributed by atoms with E-state index < -0.39 is 5.41 Å². The first-order valence-electron chi connectivity index (χ1n) is 21.0. The standard InChI is InChI=1S/C59H39NS/c1-3-19-43(20-4-1)59(44-21-5-2-6-22-44)52-28-12-9-26-50(52)58-48(27-16-29-53(58)59)41-33-36-45(37-34-41)60(55-31-15-18-40-17-7-8-23-46(40)55)54-30-13-10-24-47(54)42-35-38-57-51(39-42)49-25-11-14-32-56(49)61-57/h1-39H. The van der Waals surface area contributed by atoms with Crippen molar-refractivity contribution in [3.05, 3.63) is 259 Å². The highest BCUT2D eigenvalue weighted by Gasteiger charge is 2.46. The van der Waals surface area contributed by atoms with Crippen LogP contribution >= 0.6 is 11.3 Å². The van der Waals surface area contributed by atoms with Gasteiger partial charge >= 0.3 is 0 Å². The van der Waals surface area contributed by atoms with Crippen LogP contribution in [0.5, 0.6) is 0 Å². The van der Waals surface area contributed by atoms with Crippen molar-refractivity contribution < 1.29 is 0 Å². The predicted molar refractivity (Wildman–Crippen MR) is 260 cm³/mol. The third-order valence-corrected chi connectivity index (χ3v) is 13.9. The number of nitrogens with zero attached hydrogens (tertiary/aromatic N) is 1. The van der Waals surface area contributed by atoms with E-state index in [9.17, 15) is 0 Å². The van der Waals surface area contributed by atoms with Gasteiger partial charge in [0.15, 0.2) is 0 Å². The molecule has 0 saturated heterocycles. The van der Waals surface area contributed by atoms with Gasteiger partial charge < -0.3 is 4.90 Å². The molecule has 12 rings (SSSR count). The lowest BCUT2D eigenvalue weighted by Gasteiger charge is -2.34. The van der Waals surface area contributed by atoms with Crippen LogP contribution < -0.4 is 4.90 Å². The molecule has 0 amide bonds. The molecule has 0 atom stereocenters. The van der Waals surface area contributed by atoms with Gasteiger partial charge in [-0.3, -0.25) is 0 Å². The van der Waals surface area contributed by atoms with E-state index in [4.69, 9.17) is 0 Å². The first kappa shape index (κ1) is 35.4. The van der Waals surface area contributed by atoms with Crippen LogP contribution in [-0.2, 0) is 5.41 Å². The van der Waals surface area contributed by atoms with E-state index in [2.05, 4.69) is 241 Å². The number of hydrogen-bond donors (Lipinski definition) is 0. The Hall–Kier alpha value is -7.52. The third kappa shape index (κ3) is 5.53. The minimum atomic E-state index is -0.447. The van der Waals surface area contributed by atoms with Crippen LogP contribution in [0.15, 0.2) is 237 Å². The molecule has 11 aromatic rings. The molecule has 0 saturated carbocycles. The highest BCUT2D eigenvalue weighted by Crippen LogP contribution is 2.58. The minimum Gasteiger partial charge on any atom is -0.309 e. The maximum atomic E-state index is 2.46. The Morgan fingerprint density at radius 1 is 0.344 bits per heavy atom. The Labute approximate surface area is 360 Å². The molecule has 1 aliphatic carbocycles. The lowest BCUT2D eigenvalue weighted by atomic mass is 9.67. The van der Waals surface area contributed by atoms with E-state index in [-0.39, 0.29) is 0 Å². The van der Waals surface area contributed by atoms with Gasteiger partial charge in [0, 0.05) is 36.8 Å². The molecule has 0 radical (unpaired) electrons. The summed E-state index contributed by atoms with van der Waals surface area (Å²) in [4.78, 5) is 2.46. The summed E-state index contributed by atoms with van der Waals surface area (Å²) in [5.41, 5.74) is 15.5. The van der Waals surface area contributed by atoms with Gasteiger partial charge in [-0.25, -0.2) is 0 Å². The lowest BCUT2D eigenvalue weighted by molar-refractivity contribution is 0.768. The molecular formula is C59H39NS. The smallest absolute Gasteiger partial charge is 0.0713 e. The Morgan fingerprint density at radius 3 is 1.70 bits per heavy atom. The van der Waals surface area contributed by atoms with Gasteiger partial charge in [0.05, 0.1) is 16.8 Å². The van der Waals surface area contributed by atoms with Crippen molar-refractivity contribution in [2.75, 3.05) is 4.90 Å². The molecule has 2 heteroatoms. The second-order valence-electron chi connectivity index (χ2n) is 16.0. The van der Waals surface area contributed by atoms with Crippen molar-refractivity contribution in [2.24, 2.45) is 0 Å². The fourth-order valence-corrected chi connectivity index (χ4v) is 11.2. The van der Waals surface area contributed by atoms with E-state index in [1.807, 2.05) is 11.3 Å². The second-order valence-corrected chi connectivity index (χ2v) is 17.0. The molecule has 0 N–H and O–H groups in total. The summed E-state index contributed by atoms with van der Waals surface area (Å²) >= 11 is 1.86. The highest BCUT2D eigenvalue weighted by atomic mass is 32.1. The van der Waals surface area contributed by atoms with Crippen LogP contribution in [-0.4, -0.2) is 0 Å². The molecule has 61 heavy (non-hydrogen) atoms. The maximum absolute atomic E-state index is 2.46. The van der Waals surface area contributed by atoms with Crippen molar-refractivity contribution in [3.63, 3.8) is 0 Å². The molecule has 0 fully saturated rings. The number of hydrogen-bond acceptors (Lipinski definition) is 2. The van der Waals surface area contributed by atoms with Gasteiger partial charge in [-0.2, -0.15) is 0 Å². The van der Waals surface area contributed by atoms with Crippen LogP contribution in [0.4, 0.5) is 17.1 Å². The molecular weight excluding hydrogens is 755 g/mol. The fraction of sp³-hybridized carbons (Fsp3) is 0.0169.